The molecule has 1 aromatic rings. The quantitative estimate of drug-likeness (QED) is 0.784. The SMILES string of the molecule is CC(=O)NCc1nnc(NC(C)C)s1. The minimum Gasteiger partial charge on any atom is -0.358 e. The van der Waals surface area contributed by atoms with Crippen LogP contribution in [0.5, 0.6) is 0 Å². The van der Waals surface area contributed by atoms with Crippen molar-refractivity contribution in [2.45, 2.75) is 33.4 Å². The first-order valence-corrected chi connectivity index (χ1v) is 5.23. The molecule has 5 nitrogen and oxygen atoms in total. The standard InChI is InChI=1S/C8H14N4OS/c1-5(2)10-8-12-11-7(14-8)4-9-6(3)13/h5H,4H2,1-3H3,(H,9,13)(H,10,12). The summed E-state index contributed by atoms with van der Waals surface area (Å²) in [6, 6.07) is 0.344. The smallest absolute Gasteiger partial charge is 0.217 e. The summed E-state index contributed by atoms with van der Waals surface area (Å²) in [5.41, 5.74) is 0. The number of hydrogen-bond acceptors (Lipinski definition) is 5. The molecule has 1 rings (SSSR count). The van der Waals surface area contributed by atoms with Gasteiger partial charge in [0.15, 0.2) is 0 Å². The number of aromatic nitrogens is 2. The molecule has 1 heterocycles. The van der Waals surface area contributed by atoms with Crippen molar-refractivity contribution in [3.63, 3.8) is 0 Å². The predicted octanol–water partition coefficient (Wildman–Crippen LogP) is 0.994. The summed E-state index contributed by atoms with van der Waals surface area (Å²) in [5.74, 6) is -0.0569. The number of anilines is 1. The van der Waals surface area contributed by atoms with Gasteiger partial charge >= 0.3 is 0 Å². The van der Waals surface area contributed by atoms with E-state index in [9.17, 15) is 4.79 Å². The molecule has 0 atom stereocenters. The fourth-order valence-electron chi connectivity index (χ4n) is 0.830. The summed E-state index contributed by atoms with van der Waals surface area (Å²) in [6.07, 6.45) is 0. The van der Waals surface area contributed by atoms with Gasteiger partial charge in [-0.25, -0.2) is 0 Å². The van der Waals surface area contributed by atoms with Crippen LogP contribution in [0.3, 0.4) is 0 Å². The zero-order valence-electron chi connectivity index (χ0n) is 8.50. The van der Waals surface area contributed by atoms with Crippen LogP contribution in [0.15, 0.2) is 0 Å². The molecule has 0 radical (unpaired) electrons. The molecule has 0 fully saturated rings. The second-order valence-electron chi connectivity index (χ2n) is 3.21. The molecule has 6 heteroatoms. The number of carbonyl (C=O) groups excluding carboxylic acids is 1. The second kappa shape index (κ2) is 4.90. The fourth-order valence-corrected chi connectivity index (χ4v) is 1.66. The van der Waals surface area contributed by atoms with Crippen molar-refractivity contribution in [3.05, 3.63) is 5.01 Å². The van der Waals surface area contributed by atoms with Gasteiger partial charge < -0.3 is 10.6 Å². The van der Waals surface area contributed by atoms with Gasteiger partial charge in [0.05, 0.1) is 6.54 Å². The zero-order valence-corrected chi connectivity index (χ0v) is 9.31. The Morgan fingerprint density at radius 2 is 2.21 bits per heavy atom. The summed E-state index contributed by atoms with van der Waals surface area (Å²) in [7, 11) is 0. The number of amides is 1. The minimum atomic E-state index is -0.0569. The first kappa shape index (κ1) is 10.9. The summed E-state index contributed by atoms with van der Waals surface area (Å²) in [6.45, 7) is 6.00. The van der Waals surface area contributed by atoms with Gasteiger partial charge in [0, 0.05) is 13.0 Å². The third kappa shape index (κ3) is 3.69. The summed E-state index contributed by atoms with van der Waals surface area (Å²) in [4.78, 5) is 10.6. The molecular formula is C8H14N4OS. The molecule has 2 N–H and O–H groups in total. The Morgan fingerprint density at radius 3 is 2.79 bits per heavy atom. The maximum absolute atomic E-state index is 10.6. The largest absolute Gasteiger partial charge is 0.358 e. The highest BCUT2D eigenvalue weighted by atomic mass is 32.1. The number of rotatable bonds is 4. The van der Waals surface area contributed by atoms with Gasteiger partial charge in [-0.15, -0.1) is 10.2 Å². The topological polar surface area (TPSA) is 66.9 Å². The lowest BCUT2D eigenvalue weighted by atomic mass is 10.4. The van der Waals surface area contributed by atoms with Crippen LogP contribution in [0.4, 0.5) is 5.13 Å². The van der Waals surface area contributed by atoms with Crippen LogP contribution in [0, 0.1) is 0 Å². The molecule has 0 bridgehead atoms. The van der Waals surface area contributed by atoms with E-state index in [0.717, 1.165) is 10.1 Å². The van der Waals surface area contributed by atoms with E-state index >= 15 is 0 Å². The molecule has 0 aliphatic heterocycles. The maximum atomic E-state index is 10.6. The molecule has 78 valence electrons. The van der Waals surface area contributed by atoms with Crippen molar-refractivity contribution in [2.24, 2.45) is 0 Å². The van der Waals surface area contributed by atoms with Crippen LogP contribution in [-0.2, 0) is 11.3 Å². The van der Waals surface area contributed by atoms with E-state index < -0.39 is 0 Å². The zero-order chi connectivity index (χ0) is 10.6. The highest BCUT2D eigenvalue weighted by Crippen LogP contribution is 2.15. The van der Waals surface area contributed by atoms with Crippen molar-refractivity contribution in [1.29, 1.82) is 0 Å². The molecule has 0 spiro atoms. The van der Waals surface area contributed by atoms with E-state index in [-0.39, 0.29) is 5.91 Å². The molecular weight excluding hydrogens is 200 g/mol. The third-order valence-corrected chi connectivity index (χ3v) is 2.22. The van der Waals surface area contributed by atoms with Gasteiger partial charge in [-0.05, 0) is 13.8 Å². The van der Waals surface area contributed by atoms with Crippen molar-refractivity contribution in [1.82, 2.24) is 15.5 Å². The first-order chi connectivity index (χ1) is 6.58. The van der Waals surface area contributed by atoms with Crippen molar-refractivity contribution in [2.75, 3.05) is 5.32 Å². The van der Waals surface area contributed by atoms with Crippen molar-refractivity contribution >= 4 is 22.4 Å². The van der Waals surface area contributed by atoms with Crippen molar-refractivity contribution in [3.8, 4) is 0 Å². The molecule has 14 heavy (non-hydrogen) atoms. The van der Waals surface area contributed by atoms with Gasteiger partial charge in [-0.3, -0.25) is 4.79 Å². The van der Waals surface area contributed by atoms with Crippen LogP contribution in [0.2, 0.25) is 0 Å². The van der Waals surface area contributed by atoms with Crippen LogP contribution in [0.25, 0.3) is 0 Å². The Bertz CT molecular complexity index is 310. The molecule has 1 amide bonds. The molecule has 1 aromatic heterocycles. The number of hydrogen-bond donors (Lipinski definition) is 2. The Kier molecular flexibility index (Phi) is 3.82. The Balaban J connectivity index is 2.46. The van der Waals surface area contributed by atoms with Gasteiger partial charge in [0.1, 0.15) is 5.01 Å². The number of carbonyl (C=O) groups is 1. The molecule has 0 saturated carbocycles. The number of nitrogens with zero attached hydrogens (tertiary/aromatic N) is 2. The van der Waals surface area contributed by atoms with E-state index in [1.54, 1.807) is 0 Å². The van der Waals surface area contributed by atoms with E-state index in [1.807, 2.05) is 13.8 Å². The lowest BCUT2D eigenvalue weighted by Gasteiger charge is -2.03. The highest BCUT2D eigenvalue weighted by Gasteiger charge is 2.04. The Morgan fingerprint density at radius 1 is 1.50 bits per heavy atom. The van der Waals surface area contributed by atoms with Gasteiger partial charge in [0.25, 0.3) is 0 Å². The van der Waals surface area contributed by atoms with E-state index in [1.165, 1.54) is 18.3 Å². The monoisotopic (exact) mass is 214 g/mol. The minimum absolute atomic E-state index is 0.0569. The molecule has 0 aliphatic rings. The first-order valence-electron chi connectivity index (χ1n) is 4.41. The third-order valence-electron chi connectivity index (χ3n) is 1.37. The second-order valence-corrected chi connectivity index (χ2v) is 4.27. The normalized spacial score (nSPS) is 10.3. The molecule has 0 aliphatic carbocycles. The summed E-state index contributed by atoms with van der Waals surface area (Å²) >= 11 is 1.46. The molecule has 0 aromatic carbocycles. The van der Waals surface area contributed by atoms with Gasteiger partial charge in [-0.1, -0.05) is 11.3 Å². The van der Waals surface area contributed by atoms with E-state index in [0.29, 0.717) is 12.6 Å². The van der Waals surface area contributed by atoms with E-state index in [4.69, 9.17) is 0 Å². The number of nitrogens with one attached hydrogen (secondary N) is 2. The fraction of sp³-hybridized carbons (Fsp3) is 0.625. The average Bonchev–Trinajstić information content (AvgIpc) is 2.47. The highest BCUT2D eigenvalue weighted by molar-refractivity contribution is 7.15. The average molecular weight is 214 g/mol. The molecule has 0 unspecified atom stereocenters. The summed E-state index contributed by atoms with van der Waals surface area (Å²) < 4.78 is 0. The summed E-state index contributed by atoms with van der Waals surface area (Å²) in [5, 5.41) is 15.3. The predicted molar refractivity (Wildman–Crippen MR) is 56.2 cm³/mol. The van der Waals surface area contributed by atoms with Crippen molar-refractivity contribution < 1.29 is 4.79 Å². The lowest BCUT2D eigenvalue weighted by Crippen LogP contribution is -2.18. The van der Waals surface area contributed by atoms with E-state index in [2.05, 4.69) is 20.8 Å². The Hall–Kier alpha value is -1.17. The van der Waals surface area contributed by atoms with Gasteiger partial charge in [-0.2, -0.15) is 0 Å². The van der Waals surface area contributed by atoms with Crippen LogP contribution in [-0.4, -0.2) is 22.1 Å². The van der Waals surface area contributed by atoms with Crippen LogP contribution >= 0.6 is 11.3 Å². The lowest BCUT2D eigenvalue weighted by molar-refractivity contribution is -0.119. The maximum Gasteiger partial charge on any atom is 0.217 e. The van der Waals surface area contributed by atoms with Crippen LogP contribution < -0.4 is 10.6 Å². The van der Waals surface area contributed by atoms with Gasteiger partial charge in [0.2, 0.25) is 11.0 Å². The molecule has 0 saturated heterocycles. The Labute approximate surface area is 86.9 Å². The van der Waals surface area contributed by atoms with Crippen LogP contribution in [0.1, 0.15) is 25.8 Å².